The van der Waals surface area contributed by atoms with Crippen LogP contribution in [0.3, 0.4) is 0 Å². The number of nitrogens with zero attached hydrogens (tertiary/aromatic N) is 5. The molecule has 1 heterocycles. The van der Waals surface area contributed by atoms with E-state index in [4.69, 9.17) is 4.61 Å². The Morgan fingerprint density at radius 3 is 2.67 bits per heavy atom. The van der Waals surface area contributed by atoms with Crippen LogP contribution >= 0.6 is 19.7 Å². The van der Waals surface area contributed by atoms with Gasteiger partial charge >= 0.3 is 0 Å². The smallest absolute Gasteiger partial charge is 0.113 e. The summed E-state index contributed by atoms with van der Waals surface area (Å²) in [5.74, 6) is 4.60. The third-order valence-electron chi connectivity index (χ3n) is 0.584. The first kappa shape index (κ1) is 6.53. The molecule has 0 aromatic carbocycles. The van der Waals surface area contributed by atoms with E-state index >= 15 is 0 Å². The summed E-state index contributed by atoms with van der Waals surface area (Å²) in [6, 6.07) is 0. The minimum Gasteiger partial charge on any atom is -0.303 e. The molecule has 0 radical (unpaired) electrons. The average Bonchev–Trinajstić information content (AvgIpc) is 2.50. The van der Waals surface area contributed by atoms with Gasteiger partial charge in [-0.3, -0.25) is 0 Å². The molecule has 0 amide bonds. The summed E-state index contributed by atoms with van der Waals surface area (Å²) in [6.07, 6.45) is 0. The van der Waals surface area contributed by atoms with Crippen molar-refractivity contribution in [2.24, 2.45) is 26.0 Å². The molecule has 0 saturated carbocycles. The second kappa shape index (κ2) is 2.34. The van der Waals surface area contributed by atoms with E-state index in [9.17, 15) is 0 Å². The van der Waals surface area contributed by atoms with Crippen LogP contribution in [0.4, 0.5) is 0 Å². The molecule has 6 nitrogen and oxygen atoms in total. The number of hydrogen-bond acceptors (Lipinski definition) is 4. The van der Waals surface area contributed by atoms with Crippen LogP contribution in [0, 0.1) is 4.61 Å². The van der Waals surface area contributed by atoms with Gasteiger partial charge in [-0.15, -0.1) is 0 Å². The van der Waals surface area contributed by atoms with E-state index < -0.39 is 8.88 Å². The Balaban J connectivity index is 2.44. The summed E-state index contributed by atoms with van der Waals surface area (Å²) in [5, 5.41) is 9.63. The van der Waals surface area contributed by atoms with Crippen LogP contribution < -0.4 is 5.84 Å². The van der Waals surface area contributed by atoms with Gasteiger partial charge in [0.2, 0.25) is 0 Å². The fourth-order valence-electron chi connectivity index (χ4n) is 0.187. The second-order valence-corrected chi connectivity index (χ2v) is 6.08. The minimum absolute atomic E-state index is 0.649. The molecule has 1 saturated heterocycles. The van der Waals surface area contributed by atoms with Crippen LogP contribution in [0.25, 0.3) is 0 Å². The molecule has 0 bridgehead atoms. The topological polar surface area (TPSA) is 99.2 Å². The molecule has 9 heavy (non-hydrogen) atoms. The molecule has 50 valence electrons. The van der Waals surface area contributed by atoms with E-state index in [1.54, 1.807) is 0 Å². The first-order valence-electron chi connectivity index (χ1n) is 1.97. The molecule has 1 aliphatic rings. The highest BCUT2D eigenvalue weighted by Gasteiger charge is 2.30. The summed E-state index contributed by atoms with van der Waals surface area (Å²) in [6.45, 7) is 0. The largest absolute Gasteiger partial charge is 0.303 e. The summed E-state index contributed by atoms with van der Waals surface area (Å²) in [5.41, 5.74) is 0. The van der Waals surface area contributed by atoms with Crippen LogP contribution in [-0.4, -0.2) is 5.08 Å². The van der Waals surface area contributed by atoms with Gasteiger partial charge in [0.25, 0.3) is 0 Å². The second-order valence-electron chi connectivity index (χ2n) is 1.22. The Labute approximate surface area is 56.0 Å². The van der Waals surface area contributed by atoms with Gasteiger partial charge in [-0.1, -0.05) is 9.74 Å². The van der Waals surface area contributed by atoms with Gasteiger partial charge in [0.15, 0.2) is 0 Å². The monoisotopic (exact) mass is 164 g/mol. The number of rotatable bonds is 1. The summed E-state index contributed by atoms with van der Waals surface area (Å²) in [4.78, 5) is 0. The zero-order chi connectivity index (χ0) is 6.74. The van der Waals surface area contributed by atoms with Crippen molar-refractivity contribution in [3.8, 4) is 0 Å². The lowest BCUT2D eigenvalue weighted by Gasteiger charge is -1.73. The van der Waals surface area contributed by atoms with Crippen molar-refractivity contribution >= 4 is 19.7 Å². The Morgan fingerprint density at radius 1 is 1.56 bits per heavy atom. The normalized spacial score (nSPS) is 34.1. The van der Waals surface area contributed by atoms with Crippen molar-refractivity contribution in [1.82, 2.24) is 0 Å². The lowest BCUT2D eigenvalue weighted by molar-refractivity contribution is 0.912. The van der Waals surface area contributed by atoms with E-state index in [2.05, 4.69) is 26.0 Å². The van der Waals surface area contributed by atoms with Gasteiger partial charge in [-0.2, -0.15) is 4.61 Å². The first-order chi connectivity index (χ1) is 4.27. The fraction of sp³-hybridized carbons (Fsp3) is 1.00. The SMILES string of the molecule is N#S1(N=NN=NN)CS1. The zero-order valence-electron chi connectivity index (χ0n) is 4.34. The van der Waals surface area contributed by atoms with Gasteiger partial charge in [0.05, 0.1) is 5.08 Å². The zero-order valence-corrected chi connectivity index (χ0v) is 5.97. The molecule has 1 unspecified atom stereocenters. The van der Waals surface area contributed by atoms with E-state index in [-0.39, 0.29) is 0 Å². The molecular weight excluding hydrogens is 160 g/mol. The maximum atomic E-state index is 9.00. The quantitative estimate of drug-likeness (QED) is 0.209. The van der Waals surface area contributed by atoms with Crippen LogP contribution in [0.15, 0.2) is 20.2 Å². The lowest BCUT2D eigenvalue weighted by Crippen LogP contribution is -1.70. The van der Waals surface area contributed by atoms with Crippen molar-refractivity contribution in [2.75, 3.05) is 5.08 Å². The molecule has 0 aliphatic carbocycles. The Morgan fingerprint density at radius 2 is 2.22 bits per heavy atom. The molecule has 0 spiro atoms. The van der Waals surface area contributed by atoms with Crippen molar-refractivity contribution in [3.63, 3.8) is 0 Å². The van der Waals surface area contributed by atoms with Crippen LogP contribution in [-0.2, 0) is 0 Å². The maximum Gasteiger partial charge on any atom is 0.113 e. The molecule has 1 fully saturated rings. The highest BCUT2D eigenvalue weighted by molar-refractivity contribution is 9.01. The molecule has 1 atom stereocenters. The molecule has 0 aromatic heterocycles. The third kappa shape index (κ3) is 2.00. The highest BCUT2D eigenvalue weighted by atomic mass is 33.2. The molecule has 2 N–H and O–H groups in total. The summed E-state index contributed by atoms with van der Waals surface area (Å²) >= 11 is 0. The average molecular weight is 164 g/mol. The van der Waals surface area contributed by atoms with Crippen LogP contribution in [0.5, 0.6) is 0 Å². The molecule has 1 rings (SSSR count). The number of hydrogen-bond donors (Lipinski definition) is 1. The predicted molar refractivity (Wildman–Crippen MR) is 35.7 cm³/mol. The fourth-order valence-corrected chi connectivity index (χ4v) is 1.92. The molecular formula is CH4N6S2. The highest BCUT2D eigenvalue weighted by Crippen LogP contribution is 2.66. The Bertz CT molecular complexity index is 231. The van der Waals surface area contributed by atoms with Crippen LogP contribution in [0.2, 0.25) is 0 Å². The molecule has 1 aliphatic heterocycles. The standard InChI is InChI=1S/CH4N6S2/c2-4-5-6-7-9(3)1-8-9/h1H2,(H2,2,5,7). The van der Waals surface area contributed by atoms with Gasteiger partial charge in [0, 0.05) is 0 Å². The maximum absolute atomic E-state index is 9.00. The third-order valence-corrected chi connectivity index (χ3v) is 3.74. The lowest BCUT2D eigenvalue weighted by atomic mass is 11.9. The molecule has 0 aromatic rings. The van der Waals surface area contributed by atoms with Gasteiger partial charge in [-0.25, -0.2) is 0 Å². The predicted octanol–water partition coefficient (Wildman–Crippen LogP) is 1.50. The van der Waals surface area contributed by atoms with E-state index in [0.717, 1.165) is 0 Å². The van der Waals surface area contributed by atoms with E-state index in [1.807, 2.05) is 0 Å². The molecule has 8 heteroatoms. The Hall–Kier alpha value is -0.590. The van der Waals surface area contributed by atoms with Gasteiger partial charge in [0.1, 0.15) is 8.88 Å². The minimum atomic E-state index is -1.78. The van der Waals surface area contributed by atoms with Crippen molar-refractivity contribution < 1.29 is 0 Å². The van der Waals surface area contributed by atoms with Crippen LogP contribution in [0.1, 0.15) is 0 Å². The summed E-state index contributed by atoms with van der Waals surface area (Å²) < 4.78 is 12.4. The number of nitrogens with two attached hydrogens (primary N) is 1. The van der Waals surface area contributed by atoms with E-state index in [0.29, 0.717) is 5.08 Å². The Kier molecular flexibility index (Phi) is 1.70. The van der Waals surface area contributed by atoms with Gasteiger partial charge < -0.3 is 5.84 Å². The van der Waals surface area contributed by atoms with Crippen molar-refractivity contribution in [2.45, 2.75) is 0 Å². The van der Waals surface area contributed by atoms with Gasteiger partial charge in [-0.05, 0) is 21.2 Å². The van der Waals surface area contributed by atoms with Crippen molar-refractivity contribution in [1.29, 1.82) is 4.61 Å². The summed E-state index contributed by atoms with van der Waals surface area (Å²) in [7, 11) is -0.424. The first-order valence-corrected chi connectivity index (χ1v) is 5.19. The van der Waals surface area contributed by atoms with E-state index in [1.165, 1.54) is 10.8 Å². The van der Waals surface area contributed by atoms with Crippen molar-refractivity contribution in [3.05, 3.63) is 0 Å².